The minimum atomic E-state index is -0.370. The van der Waals surface area contributed by atoms with Gasteiger partial charge in [-0.05, 0) is 30.3 Å². The number of anilines is 1. The van der Waals surface area contributed by atoms with E-state index in [9.17, 15) is 14.9 Å². The summed E-state index contributed by atoms with van der Waals surface area (Å²) in [7, 11) is 0. The third kappa shape index (κ3) is 3.59. The molecule has 0 atom stereocenters. The molecule has 31 heavy (non-hydrogen) atoms. The molecule has 1 aliphatic heterocycles. The van der Waals surface area contributed by atoms with Crippen LogP contribution in [0.3, 0.4) is 0 Å². The van der Waals surface area contributed by atoms with E-state index < -0.39 is 0 Å². The van der Waals surface area contributed by atoms with Gasteiger partial charge in [0.15, 0.2) is 0 Å². The summed E-state index contributed by atoms with van der Waals surface area (Å²) in [6.45, 7) is 3.71. The molecule has 0 saturated carbocycles. The van der Waals surface area contributed by atoms with Crippen LogP contribution < -0.4 is 10.5 Å². The van der Waals surface area contributed by atoms with Gasteiger partial charge in [-0.25, -0.2) is 4.98 Å². The number of rotatable bonds is 4. The van der Waals surface area contributed by atoms with Crippen LogP contribution in [0.15, 0.2) is 65.7 Å². The monoisotopic (exact) mass is 416 g/mol. The fourth-order valence-corrected chi connectivity index (χ4v) is 4.12. The first-order valence-electron chi connectivity index (χ1n) is 10.1. The number of hydrogen-bond donors (Lipinski definition) is 0. The topological polar surface area (TPSA) is 96.9 Å². The quantitative estimate of drug-likeness (QED) is 0.372. The molecule has 3 aromatic heterocycles. The SMILES string of the molecule is O=c1cc(CN2CCN(c3ccc([N+](=O)[O-])c4cccnc34)CC2)nc2ccccn12. The van der Waals surface area contributed by atoms with Crippen LogP contribution in [0.1, 0.15) is 5.69 Å². The molecule has 0 unspecified atom stereocenters. The fraction of sp³-hybridized carbons (Fsp3) is 0.227. The van der Waals surface area contributed by atoms with E-state index in [0.29, 0.717) is 23.1 Å². The molecule has 9 nitrogen and oxygen atoms in total. The zero-order valence-electron chi connectivity index (χ0n) is 16.7. The van der Waals surface area contributed by atoms with Gasteiger partial charge < -0.3 is 4.90 Å². The minimum absolute atomic E-state index is 0.0687. The lowest BCUT2D eigenvalue weighted by molar-refractivity contribution is -0.383. The molecule has 5 rings (SSSR count). The van der Waals surface area contributed by atoms with E-state index in [4.69, 9.17) is 0 Å². The molecule has 1 aliphatic rings. The van der Waals surface area contributed by atoms with E-state index in [1.54, 1.807) is 42.7 Å². The molecule has 156 valence electrons. The smallest absolute Gasteiger partial charge is 0.278 e. The van der Waals surface area contributed by atoms with Crippen molar-refractivity contribution in [2.45, 2.75) is 6.54 Å². The normalized spacial score (nSPS) is 14.9. The fourth-order valence-electron chi connectivity index (χ4n) is 4.12. The Kier molecular flexibility index (Phi) is 4.79. The molecule has 0 bridgehead atoms. The number of non-ortho nitro benzene ring substituents is 1. The molecule has 1 fully saturated rings. The van der Waals surface area contributed by atoms with Gasteiger partial charge in [0, 0.05) is 57.3 Å². The summed E-state index contributed by atoms with van der Waals surface area (Å²) < 4.78 is 1.54. The number of fused-ring (bicyclic) bond motifs is 2. The Labute approximate surface area is 177 Å². The van der Waals surface area contributed by atoms with Gasteiger partial charge in [0.2, 0.25) is 0 Å². The van der Waals surface area contributed by atoms with Crippen molar-refractivity contribution in [3.8, 4) is 0 Å². The van der Waals surface area contributed by atoms with Crippen LogP contribution in [0.2, 0.25) is 0 Å². The molecule has 1 saturated heterocycles. The highest BCUT2D eigenvalue weighted by Crippen LogP contribution is 2.32. The highest BCUT2D eigenvalue weighted by atomic mass is 16.6. The molecular formula is C22H20N6O3. The first-order valence-corrected chi connectivity index (χ1v) is 10.1. The average molecular weight is 416 g/mol. The van der Waals surface area contributed by atoms with Gasteiger partial charge in [0.1, 0.15) is 11.2 Å². The van der Waals surface area contributed by atoms with Gasteiger partial charge in [-0.15, -0.1) is 0 Å². The van der Waals surface area contributed by atoms with Crippen molar-refractivity contribution in [3.05, 3.63) is 87.1 Å². The summed E-state index contributed by atoms with van der Waals surface area (Å²) in [4.78, 5) is 36.8. The number of nitro benzene ring substituents is 1. The van der Waals surface area contributed by atoms with E-state index in [1.165, 1.54) is 4.40 Å². The second-order valence-corrected chi connectivity index (χ2v) is 7.54. The Morgan fingerprint density at radius 1 is 1.03 bits per heavy atom. The minimum Gasteiger partial charge on any atom is -0.367 e. The van der Waals surface area contributed by atoms with E-state index >= 15 is 0 Å². The highest BCUT2D eigenvalue weighted by Gasteiger charge is 2.22. The molecule has 0 N–H and O–H groups in total. The maximum atomic E-state index is 12.3. The highest BCUT2D eigenvalue weighted by molar-refractivity contribution is 5.97. The summed E-state index contributed by atoms with van der Waals surface area (Å²) in [5.74, 6) is 0. The van der Waals surface area contributed by atoms with E-state index in [1.807, 2.05) is 18.2 Å². The number of piperazine rings is 1. The Hall–Kier alpha value is -3.85. The summed E-state index contributed by atoms with van der Waals surface area (Å²) in [5, 5.41) is 11.9. The number of hydrogen-bond acceptors (Lipinski definition) is 7. The molecule has 0 aliphatic carbocycles. The van der Waals surface area contributed by atoms with Crippen molar-refractivity contribution in [2.24, 2.45) is 0 Å². The van der Waals surface area contributed by atoms with Crippen LogP contribution in [-0.4, -0.2) is 50.4 Å². The van der Waals surface area contributed by atoms with Crippen LogP contribution in [0.4, 0.5) is 11.4 Å². The van der Waals surface area contributed by atoms with Gasteiger partial charge in [-0.2, -0.15) is 0 Å². The molecule has 4 aromatic rings. The predicted octanol–water partition coefficient (Wildman–Crippen LogP) is 2.47. The molecular weight excluding hydrogens is 396 g/mol. The van der Waals surface area contributed by atoms with Crippen molar-refractivity contribution in [1.82, 2.24) is 19.3 Å². The van der Waals surface area contributed by atoms with E-state index in [-0.39, 0.29) is 16.2 Å². The zero-order valence-corrected chi connectivity index (χ0v) is 16.7. The number of benzene rings is 1. The van der Waals surface area contributed by atoms with Gasteiger partial charge in [0.25, 0.3) is 11.2 Å². The standard InChI is InChI=1S/C22H20N6O3/c29-21-14-16(24-20-5-1-2-9-27(20)21)15-25-10-12-26(13-11-25)19-7-6-18(28(30)31)17-4-3-8-23-22(17)19/h1-9,14H,10-13,15H2. The Balaban J connectivity index is 1.34. The first-order chi connectivity index (χ1) is 15.1. The third-order valence-electron chi connectivity index (χ3n) is 5.64. The summed E-state index contributed by atoms with van der Waals surface area (Å²) in [5.41, 5.74) is 2.94. The number of pyridine rings is 2. The van der Waals surface area contributed by atoms with Crippen molar-refractivity contribution in [2.75, 3.05) is 31.1 Å². The Morgan fingerprint density at radius 2 is 1.87 bits per heavy atom. The zero-order chi connectivity index (χ0) is 21.4. The van der Waals surface area contributed by atoms with Crippen molar-refractivity contribution >= 4 is 27.9 Å². The summed E-state index contributed by atoms with van der Waals surface area (Å²) >= 11 is 0. The molecule has 4 heterocycles. The van der Waals surface area contributed by atoms with Crippen molar-refractivity contribution in [3.63, 3.8) is 0 Å². The van der Waals surface area contributed by atoms with Crippen LogP contribution in [0, 0.1) is 10.1 Å². The maximum absolute atomic E-state index is 12.3. The third-order valence-corrected chi connectivity index (χ3v) is 5.64. The lowest BCUT2D eigenvalue weighted by Crippen LogP contribution is -2.46. The van der Waals surface area contributed by atoms with Gasteiger partial charge in [-0.1, -0.05) is 6.07 Å². The number of nitro groups is 1. The van der Waals surface area contributed by atoms with Crippen molar-refractivity contribution in [1.29, 1.82) is 0 Å². The predicted molar refractivity (Wildman–Crippen MR) is 117 cm³/mol. The number of nitrogens with zero attached hydrogens (tertiary/aromatic N) is 6. The molecule has 0 amide bonds. The van der Waals surface area contributed by atoms with Gasteiger partial charge in [-0.3, -0.25) is 29.2 Å². The number of aromatic nitrogens is 3. The average Bonchev–Trinajstić information content (AvgIpc) is 2.79. The molecule has 9 heteroatoms. The Morgan fingerprint density at radius 3 is 2.68 bits per heavy atom. The van der Waals surface area contributed by atoms with E-state index in [2.05, 4.69) is 19.8 Å². The Bertz CT molecular complexity index is 1340. The van der Waals surface area contributed by atoms with Gasteiger partial charge >= 0.3 is 0 Å². The lowest BCUT2D eigenvalue weighted by Gasteiger charge is -2.36. The van der Waals surface area contributed by atoms with Gasteiger partial charge in [0.05, 0.1) is 21.7 Å². The van der Waals surface area contributed by atoms with E-state index in [0.717, 1.165) is 37.6 Å². The molecule has 1 aromatic carbocycles. The summed E-state index contributed by atoms with van der Waals surface area (Å²) in [6.07, 6.45) is 3.38. The lowest BCUT2D eigenvalue weighted by atomic mass is 10.1. The molecule has 0 radical (unpaired) electrons. The van der Waals surface area contributed by atoms with Crippen LogP contribution in [0.25, 0.3) is 16.6 Å². The maximum Gasteiger partial charge on any atom is 0.278 e. The second kappa shape index (κ2) is 7.77. The van der Waals surface area contributed by atoms with Crippen molar-refractivity contribution < 1.29 is 4.92 Å². The molecule has 0 spiro atoms. The largest absolute Gasteiger partial charge is 0.367 e. The van der Waals surface area contributed by atoms with Crippen LogP contribution in [0.5, 0.6) is 0 Å². The van der Waals surface area contributed by atoms with Crippen LogP contribution in [-0.2, 0) is 6.54 Å². The summed E-state index contributed by atoms with van der Waals surface area (Å²) in [6, 6.07) is 13.9. The second-order valence-electron chi connectivity index (χ2n) is 7.54. The van der Waals surface area contributed by atoms with Crippen LogP contribution >= 0.6 is 0 Å². The first kappa shape index (κ1) is 19.1.